The van der Waals surface area contributed by atoms with Crippen molar-refractivity contribution in [2.45, 2.75) is 96.7 Å². The van der Waals surface area contributed by atoms with Gasteiger partial charge in [-0.25, -0.2) is 0 Å². The first-order valence-electron chi connectivity index (χ1n) is 7.12. The molecule has 0 aromatic carbocycles. The van der Waals surface area contributed by atoms with Crippen LogP contribution in [-0.4, -0.2) is 7.38 Å². The lowest BCUT2D eigenvalue weighted by Crippen LogP contribution is -2.56. The maximum atomic E-state index is 7.45. The molecule has 0 aliphatic heterocycles. The predicted octanol–water partition coefficient (Wildman–Crippen LogP) is 6.74. The lowest BCUT2D eigenvalue weighted by Gasteiger charge is -2.57. The monoisotopic (exact) mass is 276 g/mol. The Morgan fingerprint density at radius 1 is 0.647 bits per heavy atom. The van der Waals surface area contributed by atoms with Crippen LogP contribution < -0.4 is 0 Å². The summed E-state index contributed by atoms with van der Waals surface area (Å²) in [5.74, 6) is 0. The molecule has 0 spiro atoms. The van der Waals surface area contributed by atoms with Gasteiger partial charge in [-0.2, -0.15) is 11.1 Å². The summed E-state index contributed by atoms with van der Waals surface area (Å²) >= 11 is 7.45. The lowest BCUT2D eigenvalue weighted by atomic mass is 10.1. The largest absolute Gasteiger partial charge is 0.173 e. The molecule has 0 saturated carbocycles. The van der Waals surface area contributed by atoms with Crippen LogP contribution in [0.2, 0.25) is 15.1 Å². The molecular formula is C15H33ClSi. The van der Waals surface area contributed by atoms with Crippen LogP contribution in [0, 0.1) is 0 Å². The van der Waals surface area contributed by atoms with Crippen molar-refractivity contribution in [2.75, 3.05) is 0 Å². The molecule has 0 aliphatic rings. The number of hydrogen-bond donors (Lipinski definition) is 0. The Labute approximate surface area is 115 Å². The average molecular weight is 277 g/mol. The summed E-state index contributed by atoms with van der Waals surface area (Å²) < 4.78 is 0. The molecule has 0 amide bonds. The topological polar surface area (TPSA) is 0 Å². The highest BCUT2D eigenvalue weighted by Gasteiger charge is 2.62. The highest BCUT2D eigenvalue weighted by molar-refractivity contribution is 7.24. The van der Waals surface area contributed by atoms with E-state index in [9.17, 15) is 0 Å². The van der Waals surface area contributed by atoms with Crippen LogP contribution in [0.25, 0.3) is 0 Å². The number of hydrogen-bond acceptors (Lipinski definition) is 0. The molecule has 0 atom stereocenters. The van der Waals surface area contributed by atoms with Crippen molar-refractivity contribution in [1.29, 1.82) is 0 Å². The van der Waals surface area contributed by atoms with E-state index in [1.807, 2.05) is 0 Å². The summed E-state index contributed by atoms with van der Waals surface area (Å²) in [4.78, 5) is 0. The Balaban J connectivity index is 5.88. The molecule has 2 heteroatoms. The zero-order valence-electron chi connectivity index (χ0n) is 13.5. The van der Waals surface area contributed by atoms with Crippen LogP contribution in [0.3, 0.4) is 0 Å². The van der Waals surface area contributed by atoms with E-state index in [4.69, 9.17) is 11.1 Å². The second kappa shape index (κ2) is 5.25. The fraction of sp³-hybridized carbons (Fsp3) is 1.00. The van der Waals surface area contributed by atoms with Gasteiger partial charge in [-0.05, 0) is 15.1 Å². The zero-order chi connectivity index (χ0) is 14.1. The summed E-state index contributed by atoms with van der Waals surface area (Å²) in [6, 6.07) is 0. The molecule has 0 fully saturated rings. The van der Waals surface area contributed by atoms with Gasteiger partial charge in [0.1, 0.15) is 0 Å². The van der Waals surface area contributed by atoms with Gasteiger partial charge in [0.15, 0.2) is 7.38 Å². The molecule has 0 unspecified atom stereocenters. The minimum atomic E-state index is -1.96. The van der Waals surface area contributed by atoms with Crippen LogP contribution in [0.15, 0.2) is 0 Å². The van der Waals surface area contributed by atoms with E-state index in [1.54, 1.807) is 0 Å². The van der Waals surface area contributed by atoms with Gasteiger partial charge in [-0.15, -0.1) is 0 Å². The molecule has 0 N–H and O–H groups in total. The second-order valence-corrected chi connectivity index (χ2v) is 14.4. The Kier molecular flexibility index (Phi) is 5.40. The first kappa shape index (κ1) is 17.5. The minimum Gasteiger partial charge on any atom is -0.165 e. The molecule has 0 aromatic rings. The van der Waals surface area contributed by atoms with E-state index < -0.39 is 7.38 Å². The zero-order valence-corrected chi connectivity index (χ0v) is 15.3. The fourth-order valence-corrected chi connectivity index (χ4v) is 11.6. The maximum Gasteiger partial charge on any atom is 0.173 e. The van der Waals surface area contributed by atoms with Gasteiger partial charge in [0, 0.05) is 0 Å². The van der Waals surface area contributed by atoms with E-state index >= 15 is 0 Å². The highest BCUT2D eigenvalue weighted by Crippen LogP contribution is 2.67. The van der Waals surface area contributed by atoms with Crippen LogP contribution in [-0.2, 0) is 0 Å². The Morgan fingerprint density at radius 3 is 0.941 bits per heavy atom. The normalized spacial score (nSPS) is 15.2. The fourth-order valence-electron chi connectivity index (χ4n) is 3.48. The number of rotatable bonds is 6. The smallest absolute Gasteiger partial charge is 0.165 e. The molecule has 0 aromatic heterocycles. The van der Waals surface area contributed by atoms with E-state index in [1.165, 1.54) is 19.3 Å². The van der Waals surface area contributed by atoms with E-state index in [0.29, 0.717) is 0 Å². The lowest BCUT2D eigenvalue weighted by molar-refractivity contribution is 0.473. The van der Waals surface area contributed by atoms with Crippen LogP contribution in [0.5, 0.6) is 0 Å². The SMILES string of the molecule is CCC(C)(C)[Si](Cl)(C(C)(C)CC)C(C)(C)CC. The van der Waals surface area contributed by atoms with Crippen molar-refractivity contribution >= 4 is 18.5 Å². The van der Waals surface area contributed by atoms with Crippen LogP contribution >= 0.6 is 11.1 Å². The van der Waals surface area contributed by atoms with Crippen molar-refractivity contribution in [3.63, 3.8) is 0 Å². The molecule has 17 heavy (non-hydrogen) atoms. The third-order valence-electron chi connectivity index (χ3n) is 5.45. The van der Waals surface area contributed by atoms with Gasteiger partial charge >= 0.3 is 0 Å². The molecule has 0 bridgehead atoms. The molecule has 104 valence electrons. The van der Waals surface area contributed by atoms with E-state index in [-0.39, 0.29) is 15.1 Å². The van der Waals surface area contributed by atoms with E-state index in [2.05, 4.69) is 62.3 Å². The maximum absolute atomic E-state index is 7.45. The van der Waals surface area contributed by atoms with Gasteiger partial charge in [0.2, 0.25) is 0 Å². The summed E-state index contributed by atoms with van der Waals surface area (Å²) in [6.07, 6.45) is 3.53. The van der Waals surface area contributed by atoms with Gasteiger partial charge < -0.3 is 0 Å². The standard InChI is InChI=1S/C15H33ClSi/c1-10-13(4,5)17(16,14(6,7)11-2)15(8,9)12-3/h10-12H2,1-9H3. The molecule has 0 radical (unpaired) electrons. The molecule has 0 rings (SSSR count). The summed E-state index contributed by atoms with van der Waals surface area (Å²) in [5, 5.41) is 0.814. The molecule has 0 aliphatic carbocycles. The van der Waals surface area contributed by atoms with Gasteiger partial charge in [-0.3, -0.25) is 0 Å². The third kappa shape index (κ3) is 2.61. The van der Waals surface area contributed by atoms with Gasteiger partial charge in [-0.1, -0.05) is 81.6 Å². The second-order valence-electron chi connectivity index (χ2n) is 7.37. The van der Waals surface area contributed by atoms with Crippen LogP contribution in [0.4, 0.5) is 0 Å². The minimum absolute atomic E-state index is 0.271. The van der Waals surface area contributed by atoms with Crippen molar-refractivity contribution in [3.8, 4) is 0 Å². The van der Waals surface area contributed by atoms with Crippen molar-refractivity contribution in [2.24, 2.45) is 0 Å². The summed E-state index contributed by atoms with van der Waals surface area (Å²) in [6.45, 7) is 21.2. The van der Waals surface area contributed by atoms with Crippen molar-refractivity contribution in [3.05, 3.63) is 0 Å². The predicted molar refractivity (Wildman–Crippen MR) is 84.6 cm³/mol. The molecule has 0 saturated heterocycles. The van der Waals surface area contributed by atoms with E-state index in [0.717, 1.165) is 0 Å². The molecular weight excluding hydrogens is 244 g/mol. The Hall–Kier alpha value is 0.507. The average Bonchev–Trinajstić information content (AvgIpc) is 2.27. The molecule has 0 nitrogen and oxygen atoms in total. The first-order valence-corrected chi connectivity index (χ1v) is 10.1. The summed E-state index contributed by atoms with van der Waals surface area (Å²) in [7, 11) is -1.96. The van der Waals surface area contributed by atoms with Crippen molar-refractivity contribution in [1.82, 2.24) is 0 Å². The van der Waals surface area contributed by atoms with Crippen LogP contribution in [0.1, 0.15) is 81.6 Å². The Bertz CT molecular complexity index is 213. The highest BCUT2D eigenvalue weighted by atomic mass is 35.6. The quantitative estimate of drug-likeness (QED) is 0.372. The van der Waals surface area contributed by atoms with Gasteiger partial charge in [0.25, 0.3) is 0 Å². The summed E-state index contributed by atoms with van der Waals surface area (Å²) in [5.41, 5.74) is 0. The molecule has 0 heterocycles. The number of halogens is 1. The first-order chi connectivity index (χ1) is 7.43. The van der Waals surface area contributed by atoms with Crippen molar-refractivity contribution < 1.29 is 0 Å². The Morgan fingerprint density at radius 2 is 0.824 bits per heavy atom. The van der Waals surface area contributed by atoms with Gasteiger partial charge in [0.05, 0.1) is 0 Å². The third-order valence-corrected chi connectivity index (χ3v) is 16.7.